The lowest BCUT2D eigenvalue weighted by Crippen LogP contribution is -2.01. The van der Waals surface area contributed by atoms with Crippen molar-refractivity contribution in [1.82, 2.24) is 0 Å². The number of nitrogens with two attached hydrogens (primary N) is 2. The molecule has 5 aromatic carbocycles. The minimum atomic E-state index is -5.01. The van der Waals surface area contributed by atoms with Crippen molar-refractivity contribution in [2.75, 3.05) is 25.7 Å². The number of carbonyl (C=O) groups is 3. The number of nitrogen functional groups attached to an aromatic ring is 2. The lowest BCUT2D eigenvalue weighted by molar-refractivity contribution is 0.0682. The maximum atomic E-state index is 12.4. The van der Waals surface area contributed by atoms with E-state index in [4.69, 9.17) is 20.9 Å². The number of hydrogen-bond donors (Lipinski definition) is 7. The molecule has 0 spiro atoms. The topological polar surface area (TPSA) is 331 Å². The van der Waals surface area contributed by atoms with Gasteiger partial charge in [0.2, 0.25) is 0 Å². The Bertz CT molecular complexity index is 2560. The van der Waals surface area contributed by atoms with Crippen LogP contribution in [0.2, 0.25) is 0 Å². The minimum Gasteiger partial charge on any atom is -0.505 e. The van der Waals surface area contributed by atoms with Gasteiger partial charge in [-0.15, -0.1) is 20.5 Å². The van der Waals surface area contributed by atoms with Crippen LogP contribution in [0.4, 0.5) is 45.5 Å². The fraction of sp³-hybridized carbons (Fsp3) is 0.0606. The summed E-state index contributed by atoms with van der Waals surface area (Å²) in [5.41, 5.74) is 9.63. The second-order valence-electron chi connectivity index (χ2n) is 10.9. The van der Waals surface area contributed by atoms with Gasteiger partial charge >= 0.3 is 17.9 Å². The van der Waals surface area contributed by atoms with E-state index in [2.05, 4.69) is 30.7 Å². The van der Waals surface area contributed by atoms with E-state index >= 15 is 0 Å². The molecule has 0 atom stereocenters. The molecule has 0 heterocycles. The van der Waals surface area contributed by atoms with Crippen LogP contribution in [0.1, 0.15) is 31.1 Å². The Kier molecular flexibility index (Phi) is 10.5. The average molecular weight is 759 g/mol. The van der Waals surface area contributed by atoms with Gasteiger partial charge in [-0.3, -0.25) is 4.55 Å². The summed E-state index contributed by atoms with van der Waals surface area (Å²) < 4.78 is 45.6. The number of nitrogens with zero attached hydrogens (tertiary/aromatic N) is 6. The molecule has 0 aliphatic carbocycles. The summed E-state index contributed by atoms with van der Waals surface area (Å²) >= 11 is 0. The fourth-order valence-electron chi connectivity index (χ4n) is 4.90. The molecule has 5 aromatic rings. The lowest BCUT2D eigenvalue weighted by Gasteiger charge is -2.11. The number of aromatic hydroxyl groups is 1. The van der Waals surface area contributed by atoms with Crippen LogP contribution in [0.25, 0.3) is 10.8 Å². The van der Waals surface area contributed by atoms with Gasteiger partial charge in [0.1, 0.15) is 39.1 Å². The zero-order chi connectivity index (χ0) is 39.5. The summed E-state index contributed by atoms with van der Waals surface area (Å²) in [5.74, 6) is -4.92. The second-order valence-corrected chi connectivity index (χ2v) is 12.3. The van der Waals surface area contributed by atoms with Crippen molar-refractivity contribution in [2.45, 2.75) is 4.90 Å². The van der Waals surface area contributed by atoms with Crippen molar-refractivity contribution >= 4 is 84.3 Å². The Hall–Kier alpha value is -7.52. The number of aromatic carboxylic acids is 3. The van der Waals surface area contributed by atoms with Crippen LogP contribution < -0.4 is 20.9 Å². The van der Waals surface area contributed by atoms with Crippen molar-refractivity contribution in [3.8, 4) is 17.2 Å². The Morgan fingerprint density at radius 2 is 1.20 bits per heavy atom. The maximum absolute atomic E-state index is 12.4. The number of ether oxygens (including phenoxy) is 2. The molecule has 5 rings (SSSR count). The number of carboxylic acid groups (broad SMARTS) is 3. The molecule has 0 amide bonds. The fourth-order valence-corrected chi connectivity index (χ4v) is 5.56. The predicted molar refractivity (Wildman–Crippen MR) is 190 cm³/mol. The van der Waals surface area contributed by atoms with E-state index in [1.165, 1.54) is 50.6 Å². The standard InChI is InChI=1S/C33H26N8O12S/c1-52-25-13-24(26(53-2)12-23(25)38-37-19-6-15(31(43)44)5-16(7-19)32(45)46)39-41-29-27(54(49,50)51)8-14-3-4-18(11-20(14)30(29)42)36-40-28-21(33(47)48)9-17(34)10-22(28)35/h3-13,42H,34-35H2,1-2H3,(H,43,44)(H,45,46)(H,47,48)(H,49,50,51). The summed E-state index contributed by atoms with van der Waals surface area (Å²) in [7, 11) is -2.49. The minimum absolute atomic E-state index is 0.00174. The largest absolute Gasteiger partial charge is 0.505 e. The third kappa shape index (κ3) is 8.01. The average Bonchev–Trinajstić information content (AvgIpc) is 3.12. The predicted octanol–water partition coefficient (Wildman–Crippen LogP) is 7.31. The summed E-state index contributed by atoms with van der Waals surface area (Å²) in [6.45, 7) is 0. The van der Waals surface area contributed by atoms with Crippen LogP contribution in [0.3, 0.4) is 0 Å². The Balaban J connectivity index is 1.57. The van der Waals surface area contributed by atoms with E-state index < -0.39 is 44.4 Å². The van der Waals surface area contributed by atoms with Gasteiger partial charge in [0.05, 0.1) is 48.0 Å². The molecule has 0 saturated heterocycles. The summed E-state index contributed by atoms with van der Waals surface area (Å²) in [4.78, 5) is 33.8. The number of anilines is 2. The molecule has 54 heavy (non-hydrogen) atoms. The molecule has 276 valence electrons. The highest BCUT2D eigenvalue weighted by molar-refractivity contribution is 7.86. The van der Waals surface area contributed by atoms with Crippen molar-refractivity contribution in [3.63, 3.8) is 0 Å². The van der Waals surface area contributed by atoms with Crippen LogP contribution in [-0.4, -0.2) is 65.5 Å². The van der Waals surface area contributed by atoms with E-state index in [1.807, 2.05) is 0 Å². The number of benzene rings is 5. The van der Waals surface area contributed by atoms with Crippen molar-refractivity contribution in [3.05, 3.63) is 83.4 Å². The van der Waals surface area contributed by atoms with Crippen LogP contribution >= 0.6 is 0 Å². The third-order valence-corrected chi connectivity index (χ3v) is 8.26. The van der Waals surface area contributed by atoms with E-state index in [0.29, 0.717) is 0 Å². The number of rotatable bonds is 12. The molecule has 0 aromatic heterocycles. The first kappa shape index (κ1) is 37.7. The Morgan fingerprint density at radius 1 is 0.648 bits per heavy atom. The number of azo groups is 3. The third-order valence-electron chi connectivity index (χ3n) is 7.39. The van der Waals surface area contributed by atoms with Crippen molar-refractivity contribution in [2.24, 2.45) is 30.7 Å². The number of hydrogen-bond acceptors (Lipinski definition) is 16. The molecule has 0 bridgehead atoms. The van der Waals surface area contributed by atoms with Crippen molar-refractivity contribution < 1.29 is 57.3 Å². The number of phenolic OH excluding ortho intramolecular Hbond substituents is 1. The van der Waals surface area contributed by atoms with Gasteiger partial charge in [0.15, 0.2) is 5.75 Å². The number of carboxylic acids is 3. The molecular weight excluding hydrogens is 732 g/mol. The number of phenols is 1. The second kappa shape index (κ2) is 15.0. The van der Waals surface area contributed by atoms with E-state index in [1.54, 1.807) is 0 Å². The molecule has 0 fully saturated rings. The molecule has 9 N–H and O–H groups in total. The van der Waals surface area contributed by atoms with Gasteiger partial charge in [-0.05, 0) is 53.9 Å². The smallest absolute Gasteiger partial charge is 0.338 e. The quantitative estimate of drug-likeness (QED) is 0.0372. The Labute approximate surface area is 303 Å². The highest BCUT2D eigenvalue weighted by Gasteiger charge is 2.23. The SMILES string of the molecule is COc1cc(N=Nc2c(S(=O)(=O)O)cc3ccc(N=Nc4c(N)cc(N)cc4C(=O)O)cc3c2O)c(OC)cc1N=Nc1cc(C(=O)O)cc(C(=O)O)c1. The number of fused-ring (bicyclic) bond motifs is 1. The molecule has 20 nitrogen and oxygen atoms in total. The highest BCUT2D eigenvalue weighted by Crippen LogP contribution is 2.45. The van der Waals surface area contributed by atoms with Gasteiger partial charge in [0, 0.05) is 23.2 Å². The van der Waals surface area contributed by atoms with Gasteiger partial charge < -0.3 is 41.4 Å². The molecular formula is C33H26N8O12S. The summed E-state index contributed by atoms with van der Waals surface area (Å²) in [6, 6.07) is 13.2. The van der Waals surface area contributed by atoms with E-state index in [0.717, 1.165) is 30.3 Å². The summed E-state index contributed by atoms with van der Waals surface area (Å²) in [5, 5.41) is 63.4. The van der Waals surface area contributed by atoms with Gasteiger partial charge in [-0.2, -0.15) is 18.6 Å². The van der Waals surface area contributed by atoms with Gasteiger partial charge in [-0.25, -0.2) is 14.4 Å². The molecule has 0 aliphatic rings. The van der Waals surface area contributed by atoms with Crippen LogP contribution in [0, 0.1) is 0 Å². The molecule has 0 saturated carbocycles. The molecule has 21 heteroatoms. The van der Waals surface area contributed by atoms with Gasteiger partial charge in [-0.1, -0.05) is 6.07 Å². The molecule has 0 aliphatic heterocycles. The van der Waals surface area contributed by atoms with Gasteiger partial charge in [0.25, 0.3) is 10.1 Å². The highest BCUT2D eigenvalue weighted by atomic mass is 32.2. The first-order valence-electron chi connectivity index (χ1n) is 14.8. The van der Waals surface area contributed by atoms with Crippen LogP contribution in [-0.2, 0) is 10.1 Å². The number of methoxy groups -OCH3 is 2. The lowest BCUT2D eigenvalue weighted by atomic mass is 10.1. The van der Waals surface area contributed by atoms with E-state index in [9.17, 15) is 47.8 Å². The molecule has 0 radical (unpaired) electrons. The first-order chi connectivity index (χ1) is 25.5. The zero-order valence-corrected chi connectivity index (χ0v) is 28.5. The van der Waals surface area contributed by atoms with Crippen molar-refractivity contribution in [1.29, 1.82) is 0 Å². The monoisotopic (exact) mass is 758 g/mol. The Morgan fingerprint density at radius 3 is 1.74 bits per heavy atom. The first-order valence-corrected chi connectivity index (χ1v) is 16.3. The maximum Gasteiger partial charge on any atom is 0.338 e. The van der Waals surface area contributed by atoms with Crippen LogP contribution in [0.5, 0.6) is 17.2 Å². The molecule has 0 unspecified atom stereocenters. The summed E-state index contributed by atoms with van der Waals surface area (Å²) in [6.07, 6.45) is 0. The van der Waals surface area contributed by atoms with Crippen LogP contribution in [0.15, 0.2) is 102 Å². The van der Waals surface area contributed by atoms with E-state index in [-0.39, 0.29) is 78.8 Å². The normalized spacial score (nSPS) is 11.8. The zero-order valence-electron chi connectivity index (χ0n) is 27.7.